The topological polar surface area (TPSA) is 75.4 Å². The molecular formula is C24H29F3N6O. The van der Waals surface area contributed by atoms with Gasteiger partial charge in [-0.25, -0.2) is 9.50 Å². The molecule has 0 saturated carbocycles. The normalized spacial score (nSPS) is 15.4. The molecule has 1 aliphatic rings. The van der Waals surface area contributed by atoms with Crippen LogP contribution in [0.4, 0.5) is 13.2 Å². The second kappa shape index (κ2) is 9.69. The van der Waals surface area contributed by atoms with E-state index in [1.165, 1.54) is 11.1 Å². The standard InChI is InChI=1S/C24H29F3N6O/c1-4-19(32-12-11-17-7-5-6-8-18(17)14-32)13-28-21(34)10-9-20-15(2)29-23-30-22(24(25,26)27)31-33(23)16(20)3/h5-8,19H,4,9-14H2,1-3H3,(H,28,34). The number of alkyl halides is 3. The number of hydrogen-bond acceptors (Lipinski definition) is 5. The predicted octanol–water partition coefficient (Wildman–Crippen LogP) is 3.65. The lowest BCUT2D eigenvalue weighted by Gasteiger charge is -2.35. The zero-order valence-electron chi connectivity index (χ0n) is 19.6. The molecule has 3 heterocycles. The molecule has 0 radical (unpaired) electrons. The Morgan fingerprint density at radius 2 is 1.91 bits per heavy atom. The first-order valence-electron chi connectivity index (χ1n) is 11.5. The number of aromatic nitrogens is 4. The summed E-state index contributed by atoms with van der Waals surface area (Å²) in [5.41, 5.74) is 4.51. The summed E-state index contributed by atoms with van der Waals surface area (Å²) < 4.78 is 40.0. The molecule has 2 aromatic heterocycles. The van der Waals surface area contributed by atoms with Crippen LogP contribution in [0.15, 0.2) is 24.3 Å². The second-order valence-corrected chi connectivity index (χ2v) is 8.76. The van der Waals surface area contributed by atoms with Crippen LogP contribution in [0.25, 0.3) is 5.78 Å². The van der Waals surface area contributed by atoms with Gasteiger partial charge in [-0.1, -0.05) is 31.2 Å². The maximum absolute atomic E-state index is 13.0. The molecule has 0 bridgehead atoms. The molecule has 1 aromatic carbocycles. The molecule has 0 fully saturated rings. The lowest BCUT2D eigenvalue weighted by atomic mass is 9.98. The summed E-state index contributed by atoms with van der Waals surface area (Å²) in [4.78, 5) is 22.7. The molecule has 3 aromatic rings. The lowest BCUT2D eigenvalue weighted by molar-refractivity contribution is -0.144. The van der Waals surface area contributed by atoms with Crippen molar-refractivity contribution >= 4 is 11.7 Å². The smallest absolute Gasteiger partial charge is 0.355 e. The van der Waals surface area contributed by atoms with E-state index in [2.05, 4.69) is 56.5 Å². The summed E-state index contributed by atoms with van der Waals surface area (Å²) in [6.07, 6.45) is -2.13. The molecule has 7 nitrogen and oxygen atoms in total. The minimum Gasteiger partial charge on any atom is -0.355 e. The Morgan fingerprint density at radius 3 is 2.62 bits per heavy atom. The van der Waals surface area contributed by atoms with Crippen LogP contribution < -0.4 is 5.32 Å². The second-order valence-electron chi connectivity index (χ2n) is 8.76. The quantitative estimate of drug-likeness (QED) is 0.566. The molecule has 0 aliphatic carbocycles. The summed E-state index contributed by atoms with van der Waals surface area (Å²) >= 11 is 0. The number of benzene rings is 1. The first-order valence-corrected chi connectivity index (χ1v) is 11.5. The summed E-state index contributed by atoms with van der Waals surface area (Å²) in [6.45, 7) is 7.91. The highest BCUT2D eigenvalue weighted by atomic mass is 19.4. The highest BCUT2D eigenvalue weighted by Crippen LogP contribution is 2.27. The highest BCUT2D eigenvalue weighted by Gasteiger charge is 2.37. The van der Waals surface area contributed by atoms with Crippen LogP contribution in [0, 0.1) is 13.8 Å². The van der Waals surface area contributed by atoms with Gasteiger partial charge < -0.3 is 5.32 Å². The molecule has 1 amide bonds. The van der Waals surface area contributed by atoms with Crippen LogP contribution in [-0.4, -0.2) is 49.5 Å². The summed E-state index contributed by atoms with van der Waals surface area (Å²) in [5, 5.41) is 6.60. The molecule has 1 unspecified atom stereocenters. The number of carbonyl (C=O) groups excluding carboxylic acids is 1. The van der Waals surface area contributed by atoms with E-state index in [-0.39, 0.29) is 24.1 Å². The lowest BCUT2D eigenvalue weighted by Crippen LogP contribution is -2.45. The Labute approximate surface area is 196 Å². The van der Waals surface area contributed by atoms with Gasteiger partial charge in [-0.15, -0.1) is 5.10 Å². The SMILES string of the molecule is CCC(CNC(=O)CCc1c(C)nc2nc(C(F)(F)F)nn2c1C)N1CCc2ccccc2C1. The van der Waals surface area contributed by atoms with Crippen molar-refractivity contribution in [2.45, 2.75) is 65.2 Å². The molecule has 1 aliphatic heterocycles. The minimum atomic E-state index is -4.64. The van der Waals surface area contributed by atoms with E-state index in [1.54, 1.807) is 13.8 Å². The Balaban J connectivity index is 1.36. The van der Waals surface area contributed by atoms with Gasteiger partial charge in [-0.2, -0.15) is 18.2 Å². The summed E-state index contributed by atoms with van der Waals surface area (Å²) in [6, 6.07) is 8.71. The van der Waals surface area contributed by atoms with Crippen LogP contribution in [-0.2, 0) is 30.4 Å². The number of nitrogens with zero attached hydrogens (tertiary/aromatic N) is 5. The molecule has 1 N–H and O–H groups in total. The molecule has 1 atom stereocenters. The highest BCUT2D eigenvalue weighted by molar-refractivity contribution is 5.76. The van der Waals surface area contributed by atoms with E-state index in [1.807, 2.05) is 0 Å². The third kappa shape index (κ3) is 5.06. The molecule has 10 heteroatoms. The van der Waals surface area contributed by atoms with Gasteiger partial charge in [-0.05, 0) is 49.8 Å². The number of nitrogens with one attached hydrogen (secondary N) is 1. The Kier molecular flexibility index (Phi) is 6.88. The van der Waals surface area contributed by atoms with Gasteiger partial charge in [-0.3, -0.25) is 9.69 Å². The van der Waals surface area contributed by atoms with Crippen LogP contribution >= 0.6 is 0 Å². The number of amides is 1. The Bertz CT molecular complexity index is 1190. The van der Waals surface area contributed by atoms with Crippen molar-refractivity contribution in [3.8, 4) is 0 Å². The van der Waals surface area contributed by atoms with Gasteiger partial charge in [0, 0.05) is 43.5 Å². The molecule has 0 saturated heterocycles. The summed E-state index contributed by atoms with van der Waals surface area (Å²) in [7, 11) is 0. The van der Waals surface area contributed by atoms with Crippen molar-refractivity contribution in [2.24, 2.45) is 0 Å². The van der Waals surface area contributed by atoms with E-state index in [0.29, 0.717) is 29.9 Å². The van der Waals surface area contributed by atoms with Crippen LogP contribution in [0.3, 0.4) is 0 Å². The first-order chi connectivity index (χ1) is 16.2. The van der Waals surface area contributed by atoms with E-state index in [0.717, 1.165) is 30.4 Å². The van der Waals surface area contributed by atoms with Gasteiger partial charge in [0.05, 0.1) is 0 Å². The Hall–Kier alpha value is -3.01. The Morgan fingerprint density at radius 1 is 1.18 bits per heavy atom. The largest absolute Gasteiger partial charge is 0.453 e. The molecule has 34 heavy (non-hydrogen) atoms. The van der Waals surface area contributed by atoms with Crippen molar-refractivity contribution in [3.05, 3.63) is 58.2 Å². The van der Waals surface area contributed by atoms with Crippen molar-refractivity contribution < 1.29 is 18.0 Å². The number of rotatable bonds is 7. The fourth-order valence-corrected chi connectivity index (χ4v) is 4.61. The predicted molar refractivity (Wildman–Crippen MR) is 121 cm³/mol. The molecule has 4 rings (SSSR count). The molecule has 182 valence electrons. The van der Waals surface area contributed by atoms with E-state index < -0.39 is 12.0 Å². The average molecular weight is 475 g/mol. The number of halogens is 3. The maximum atomic E-state index is 13.0. The minimum absolute atomic E-state index is 0.0931. The van der Waals surface area contributed by atoms with Crippen LogP contribution in [0.5, 0.6) is 0 Å². The first kappa shape index (κ1) is 24.1. The number of hydrogen-bond donors (Lipinski definition) is 1. The number of carbonyl (C=O) groups is 1. The van der Waals surface area contributed by atoms with Gasteiger partial charge in [0.25, 0.3) is 11.6 Å². The van der Waals surface area contributed by atoms with Gasteiger partial charge in [0.15, 0.2) is 0 Å². The maximum Gasteiger partial charge on any atom is 0.453 e. The fraction of sp³-hybridized carbons (Fsp3) is 0.500. The van der Waals surface area contributed by atoms with Gasteiger partial charge >= 0.3 is 6.18 Å². The van der Waals surface area contributed by atoms with E-state index in [4.69, 9.17) is 0 Å². The van der Waals surface area contributed by atoms with Crippen molar-refractivity contribution in [3.63, 3.8) is 0 Å². The van der Waals surface area contributed by atoms with Crippen molar-refractivity contribution in [1.82, 2.24) is 29.8 Å². The third-order valence-electron chi connectivity index (χ3n) is 6.59. The van der Waals surface area contributed by atoms with Gasteiger partial charge in [0.1, 0.15) is 0 Å². The number of fused-ring (bicyclic) bond motifs is 2. The van der Waals surface area contributed by atoms with E-state index >= 15 is 0 Å². The fourth-order valence-electron chi connectivity index (χ4n) is 4.61. The number of aryl methyl sites for hydroxylation is 2. The zero-order valence-corrected chi connectivity index (χ0v) is 19.6. The average Bonchev–Trinajstić information content (AvgIpc) is 3.24. The summed E-state index contributed by atoms with van der Waals surface area (Å²) in [5.74, 6) is -1.41. The van der Waals surface area contributed by atoms with Crippen molar-refractivity contribution in [2.75, 3.05) is 13.1 Å². The molecular weight excluding hydrogens is 445 g/mol. The van der Waals surface area contributed by atoms with Crippen LogP contribution in [0.2, 0.25) is 0 Å². The van der Waals surface area contributed by atoms with E-state index in [9.17, 15) is 18.0 Å². The van der Waals surface area contributed by atoms with Crippen molar-refractivity contribution in [1.29, 1.82) is 0 Å². The third-order valence-corrected chi connectivity index (χ3v) is 6.59. The van der Waals surface area contributed by atoms with Gasteiger partial charge in [0.2, 0.25) is 5.91 Å². The zero-order chi connectivity index (χ0) is 24.5. The monoisotopic (exact) mass is 474 g/mol. The van der Waals surface area contributed by atoms with Crippen LogP contribution in [0.1, 0.15) is 53.7 Å². The molecule has 0 spiro atoms.